The highest BCUT2D eigenvalue weighted by atomic mass is 16.3. The van der Waals surface area contributed by atoms with Gasteiger partial charge in [-0.25, -0.2) is 0 Å². The Bertz CT molecular complexity index is 592. The van der Waals surface area contributed by atoms with Crippen molar-refractivity contribution in [3.8, 4) is 11.4 Å². The van der Waals surface area contributed by atoms with Gasteiger partial charge in [-0.15, -0.1) is 10.2 Å². The minimum atomic E-state index is -0.467. The Balaban J connectivity index is 2.07. The van der Waals surface area contributed by atoms with Gasteiger partial charge in [-0.2, -0.15) is 0 Å². The van der Waals surface area contributed by atoms with Crippen LogP contribution in [0.2, 0.25) is 0 Å². The largest absolute Gasteiger partial charge is 0.393 e. The van der Waals surface area contributed by atoms with Crippen LogP contribution in [0.15, 0.2) is 30.6 Å². The normalized spacial score (nSPS) is 12.2. The number of carbonyl (C=O) groups is 1. The number of anilines is 1. The fraction of sp³-hybridized carbons (Fsp3) is 0.357. The van der Waals surface area contributed by atoms with Gasteiger partial charge in [0.25, 0.3) is 0 Å². The van der Waals surface area contributed by atoms with Gasteiger partial charge >= 0.3 is 0 Å². The number of benzene rings is 1. The van der Waals surface area contributed by atoms with Crippen LogP contribution in [0.1, 0.15) is 19.8 Å². The zero-order valence-electron chi connectivity index (χ0n) is 11.6. The van der Waals surface area contributed by atoms with Crippen LogP contribution >= 0.6 is 0 Å². The summed E-state index contributed by atoms with van der Waals surface area (Å²) >= 11 is 0. The summed E-state index contributed by atoms with van der Waals surface area (Å²) in [6, 6.07) is 7.44. The van der Waals surface area contributed by atoms with Gasteiger partial charge in [-0.1, -0.05) is 12.1 Å². The maximum absolute atomic E-state index is 11.7. The molecule has 0 aliphatic heterocycles. The van der Waals surface area contributed by atoms with Crippen molar-refractivity contribution in [2.24, 2.45) is 7.05 Å². The van der Waals surface area contributed by atoms with Crippen LogP contribution < -0.4 is 5.32 Å². The molecule has 20 heavy (non-hydrogen) atoms. The number of aryl methyl sites for hydroxylation is 1. The monoisotopic (exact) mass is 274 g/mol. The van der Waals surface area contributed by atoms with E-state index < -0.39 is 6.10 Å². The lowest BCUT2D eigenvalue weighted by molar-refractivity contribution is -0.116. The smallest absolute Gasteiger partial charge is 0.224 e. The van der Waals surface area contributed by atoms with Crippen molar-refractivity contribution in [1.29, 1.82) is 0 Å². The molecule has 2 aromatic rings. The minimum absolute atomic E-state index is 0.110. The molecule has 0 bridgehead atoms. The molecule has 1 heterocycles. The van der Waals surface area contributed by atoms with Gasteiger partial charge in [-0.3, -0.25) is 4.79 Å². The first-order chi connectivity index (χ1) is 9.56. The fourth-order valence-electron chi connectivity index (χ4n) is 1.84. The number of nitrogens with zero attached hydrogens (tertiary/aromatic N) is 3. The molecule has 0 saturated heterocycles. The van der Waals surface area contributed by atoms with Crippen LogP contribution in [0.3, 0.4) is 0 Å². The molecular formula is C14H18N4O2. The molecule has 0 saturated carbocycles. The second-order valence-electron chi connectivity index (χ2n) is 4.78. The van der Waals surface area contributed by atoms with Crippen molar-refractivity contribution in [1.82, 2.24) is 14.8 Å². The van der Waals surface area contributed by atoms with Crippen LogP contribution in [0.5, 0.6) is 0 Å². The molecule has 0 fully saturated rings. The maximum Gasteiger partial charge on any atom is 0.224 e. The second-order valence-corrected chi connectivity index (χ2v) is 4.78. The first kappa shape index (κ1) is 14.2. The fourth-order valence-corrected chi connectivity index (χ4v) is 1.84. The van der Waals surface area contributed by atoms with Gasteiger partial charge in [0.2, 0.25) is 5.91 Å². The lowest BCUT2D eigenvalue weighted by atomic mass is 10.1. The molecule has 1 aromatic heterocycles. The molecule has 2 rings (SSSR count). The number of aromatic nitrogens is 3. The van der Waals surface area contributed by atoms with Crippen LogP contribution in [0.25, 0.3) is 11.4 Å². The zero-order valence-corrected chi connectivity index (χ0v) is 11.6. The average molecular weight is 274 g/mol. The summed E-state index contributed by atoms with van der Waals surface area (Å²) in [7, 11) is 1.86. The molecule has 1 amide bonds. The van der Waals surface area contributed by atoms with Crippen LogP contribution in [-0.2, 0) is 11.8 Å². The summed E-state index contributed by atoms with van der Waals surface area (Å²) < 4.78 is 1.81. The zero-order chi connectivity index (χ0) is 14.5. The standard InChI is InChI=1S/C14H18N4O2/c1-10(19)6-7-13(20)16-12-5-3-4-11(8-12)14-17-15-9-18(14)2/h3-5,8-10,19H,6-7H2,1-2H3,(H,16,20). The van der Waals surface area contributed by atoms with Crippen molar-refractivity contribution in [3.63, 3.8) is 0 Å². The minimum Gasteiger partial charge on any atom is -0.393 e. The maximum atomic E-state index is 11.7. The van der Waals surface area contributed by atoms with E-state index in [1.165, 1.54) is 0 Å². The highest BCUT2D eigenvalue weighted by Crippen LogP contribution is 2.20. The third kappa shape index (κ3) is 3.64. The molecule has 0 aliphatic carbocycles. The summed E-state index contributed by atoms with van der Waals surface area (Å²) in [5.74, 6) is 0.631. The topological polar surface area (TPSA) is 80.0 Å². The molecule has 2 N–H and O–H groups in total. The molecular weight excluding hydrogens is 256 g/mol. The number of hydrogen-bond acceptors (Lipinski definition) is 4. The third-order valence-electron chi connectivity index (χ3n) is 2.91. The summed E-state index contributed by atoms with van der Waals surface area (Å²) in [5, 5.41) is 19.8. The number of amides is 1. The Morgan fingerprint density at radius 1 is 1.50 bits per heavy atom. The Morgan fingerprint density at radius 2 is 2.30 bits per heavy atom. The molecule has 0 spiro atoms. The molecule has 1 aromatic carbocycles. The third-order valence-corrected chi connectivity index (χ3v) is 2.91. The summed E-state index contributed by atoms with van der Waals surface area (Å²) in [6.45, 7) is 1.67. The Hall–Kier alpha value is -2.21. The van der Waals surface area contributed by atoms with E-state index in [9.17, 15) is 4.79 Å². The van der Waals surface area contributed by atoms with Crippen LogP contribution in [0.4, 0.5) is 5.69 Å². The Labute approximate surface area is 117 Å². The van der Waals surface area contributed by atoms with E-state index in [-0.39, 0.29) is 5.91 Å². The molecule has 1 unspecified atom stereocenters. The van der Waals surface area contributed by atoms with E-state index >= 15 is 0 Å². The lowest BCUT2D eigenvalue weighted by Gasteiger charge is -2.08. The van der Waals surface area contributed by atoms with Gasteiger partial charge in [0.05, 0.1) is 6.10 Å². The van der Waals surface area contributed by atoms with E-state index in [0.29, 0.717) is 18.5 Å². The molecule has 6 nitrogen and oxygen atoms in total. The Morgan fingerprint density at radius 3 is 2.95 bits per heavy atom. The molecule has 1 atom stereocenters. The van der Waals surface area contributed by atoms with E-state index in [4.69, 9.17) is 5.11 Å². The van der Waals surface area contributed by atoms with E-state index in [1.807, 2.05) is 35.9 Å². The SMILES string of the molecule is CC(O)CCC(=O)Nc1cccc(-c2nncn2C)c1. The van der Waals surface area contributed by atoms with Gasteiger partial charge in [-0.05, 0) is 25.5 Å². The number of aliphatic hydroxyl groups is 1. The van der Waals surface area contributed by atoms with Crippen molar-refractivity contribution in [3.05, 3.63) is 30.6 Å². The number of carbonyl (C=O) groups excluding carboxylic acids is 1. The number of aliphatic hydroxyl groups excluding tert-OH is 1. The molecule has 6 heteroatoms. The van der Waals surface area contributed by atoms with Crippen molar-refractivity contribution < 1.29 is 9.90 Å². The van der Waals surface area contributed by atoms with E-state index in [2.05, 4.69) is 15.5 Å². The highest BCUT2D eigenvalue weighted by molar-refractivity contribution is 5.91. The summed E-state index contributed by atoms with van der Waals surface area (Å²) in [5.41, 5.74) is 1.60. The van der Waals surface area contributed by atoms with Crippen molar-refractivity contribution in [2.45, 2.75) is 25.9 Å². The van der Waals surface area contributed by atoms with Crippen LogP contribution in [0, 0.1) is 0 Å². The van der Waals surface area contributed by atoms with Gasteiger partial charge < -0.3 is 15.0 Å². The van der Waals surface area contributed by atoms with Crippen molar-refractivity contribution in [2.75, 3.05) is 5.32 Å². The van der Waals surface area contributed by atoms with Gasteiger partial charge in [0.15, 0.2) is 5.82 Å². The second kappa shape index (κ2) is 6.29. The van der Waals surface area contributed by atoms with Gasteiger partial charge in [0, 0.05) is 24.7 Å². The highest BCUT2D eigenvalue weighted by Gasteiger charge is 2.08. The lowest BCUT2D eigenvalue weighted by Crippen LogP contribution is -2.14. The summed E-state index contributed by atoms with van der Waals surface area (Å²) in [4.78, 5) is 11.7. The first-order valence-electron chi connectivity index (χ1n) is 6.48. The number of hydrogen-bond donors (Lipinski definition) is 2. The van der Waals surface area contributed by atoms with E-state index in [1.54, 1.807) is 13.3 Å². The number of nitrogens with one attached hydrogen (secondary N) is 1. The Kier molecular flexibility index (Phi) is 4.47. The predicted molar refractivity (Wildman–Crippen MR) is 76.0 cm³/mol. The first-order valence-corrected chi connectivity index (χ1v) is 6.48. The van der Waals surface area contributed by atoms with Gasteiger partial charge in [0.1, 0.15) is 6.33 Å². The quantitative estimate of drug-likeness (QED) is 0.867. The number of rotatable bonds is 5. The van der Waals surface area contributed by atoms with E-state index in [0.717, 1.165) is 11.4 Å². The average Bonchev–Trinajstić information content (AvgIpc) is 2.83. The molecule has 0 radical (unpaired) electrons. The predicted octanol–water partition coefficient (Wildman–Crippen LogP) is 1.58. The van der Waals surface area contributed by atoms with Crippen LogP contribution in [-0.4, -0.2) is 31.9 Å². The molecule has 0 aliphatic rings. The molecule has 106 valence electrons. The van der Waals surface area contributed by atoms with Crippen molar-refractivity contribution >= 4 is 11.6 Å². The summed E-state index contributed by atoms with van der Waals surface area (Å²) in [6.07, 6.45) is 1.91.